The Morgan fingerprint density at radius 1 is 1.38 bits per heavy atom. The first-order valence-electron chi connectivity index (χ1n) is 7.63. The predicted octanol–water partition coefficient (Wildman–Crippen LogP) is 1.99. The Morgan fingerprint density at radius 3 is 2.81 bits per heavy atom. The van der Waals surface area contributed by atoms with Crippen LogP contribution in [0.2, 0.25) is 0 Å². The van der Waals surface area contributed by atoms with Gasteiger partial charge >= 0.3 is 0 Å². The van der Waals surface area contributed by atoms with Crippen LogP contribution in [0.15, 0.2) is 18.2 Å². The van der Waals surface area contributed by atoms with E-state index >= 15 is 0 Å². The lowest BCUT2D eigenvalue weighted by Crippen LogP contribution is -2.53. The van der Waals surface area contributed by atoms with E-state index in [1.54, 1.807) is 6.07 Å². The largest absolute Gasteiger partial charge is 0.395 e. The van der Waals surface area contributed by atoms with Crippen LogP contribution in [0.5, 0.6) is 0 Å². The molecule has 0 radical (unpaired) electrons. The number of nitrogens with one attached hydrogen (secondary N) is 1. The molecular weight excluding hydrogens is 264 g/mol. The fourth-order valence-electron chi connectivity index (χ4n) is 3.14. The van der Waals surface area contributed by atoms with E-state index in [-0.39, 0.29) is 12.1 Å². The molecule has 0 bridgehead atoms. The van der Waals surface area contributed by atoms with Gasteiger partial charge in [0.05, 0.1) is 6.61 Å². The summed E-state index contributed by atoms with van der Waals surface area (Å²) in [6.07, 6.45) is 6.01. The Kier molecular flexibility index (Phi) is 5.54. The molecule has 0 unspecified atom stereocenters. The number of rotatable bonds is 6. The quantitative estimate of drug-likeness (QED) is 0.837. The fraction of sp³-hybridized carbons (Fsp3) is 0.625. The predicted molar refractivity (Wildman–Crippen MR) is 83.0 cm³/mol. The molecule has 5 heteroatoms. The Morgan fingerprint density at radius 2 is 2.14 bits per heavy atom. The maximum Gasteiger partial charge on any atom is 0.142 e. The molecule has 2 rings (SSSR count). The second kappa shape index (κ2) is 7.39. The molecule has 1 aliphatic carbocycles. The smallest absolute Gasteiger partial charge is 0.142 e. The van der Waals surface area contributed by atoms with Gasteiger partial charge in [-0.3, -0.25) is 4.90 Å². The molecule has 1 saturated carbocycles. The van der Waals surface area contributed by atoms with Crippen LogP contribution < -0.4 is 5.32 Å². The second-order valence-corrected chi connectivity index (χ2v) is 5.80. The van der Waals surface area contributed by atoms with E-state index < -0.39 is 0 Å². The van der Waals surface area contributed by atoms with Gasteiger partial charge in [-0.1, -0.05) is 25.3 Å². The molecule has 0 aliphatic heterocycles. The molecule has 1 aromatic heterocycles. The third kappa shape index (κ3) is 3.93. The summed E-state index contributed by atoms with van der Waals surface area (Å²) < 4.78 is 0. The number of aliphatic hydroxyl groups excluding tert-OH is 1. The monoisotopic (exact) mass is 288 g/mol. The lowest BCUT2D eigenvalue weighted by molar-refractivity contribution is 0.0690. The molecule has 1 fully saturated rings. The molecule has 5 nitrogen and oxygen atoms in total. The van der Waals surface area contributed by atoms with Gasteiger partial charge in [0.1, 0.15) is 17.6 Å². The molecule has 2 N–H and O–H groups in total. The summed E-state index contributed by atoms with van der Waals surface area (Å²) in [6.45, 7) is 1.67. The number of β-amino-alcohol motifs (C(OH)–C–C–N with tert-alkyl or cyclic N) is 1. The highest BCUT2D eigenvalue weighted by atomic mass is 16.3. The minimum absolute atomic E-state index is 0.0747. The Balaban J connectivity index is 2.06. The average Bonchev–Trinajstić information content (AvgIpc) is 2.54. The van der Waals surface area contributed by atoms with E-state index in [9.17, 15) is 5.11 Å². The lowest BCUT2D eigenvalue weighted by Gasteiger charge is -2.45. The zero-order valence-corrected chi connectivity index (χ0v) is 12.7. The van der Waals surface area contributed by atoms with Gasteiger partial charge in [-0.05, 0) is 32.0 Å². The van der Waals surface area contributed by atoms with Crippen LogP contribution in [0.1, 0.15) is 37.8 Å². The number of hydrogen-bond acceptors (Lipinski definition) is 5. The van der Waals surface area contributed by atoms with Gasteiger partial charge in [0.15, 0.2) is 0 Å². The third-order valence-corrected chi connectivity index (χ3v) is 4.49. The SMILES string of the molecule is CN(CCO)C1(CNc2cccc(C#N)n2)CCCCC1. The van der Waals surface area contributed by atoms with Crippen molar-refractivity contribution in [1.82, 2.24) is 9.88 Å². The maximum absolute atomic E-state index is 9.22. The first-order chi connectivity index (χ1) is 10.2. The number of anilines is 1. The summed E-state index contributed by atoms with van der Waals surface area (Å²) in [4.78, 5) is 6.54. The van der Waals surface area contributed by atoms with Crippen molar-refractivity contribution in [3.05, 3.63) is 23.9 Å². The van der Waals surface area contributed by atoms with Gasteiger partial charge in [-0.25, -0.2) is 4.98 Å². The molecule has 0 saturated heterocycles. The lowest BCUT2D eigenvalue weighted by atomic mass is 9.80. The van der Waals surface area contributed by atoms with Gasteiger partial charge in [0.2, 0.25) is 0 Å². The van der Waals surface area contributed by atoms with Crippen molar-refractivity contribution in [2.45, 2.75) is 37.6 Å². The van der Waals surface area contributed by atoms with Crippen molar-refractivity contribution >= 4 is 5.82 Å². The van der Waals surface area contributed by atoms with E-state index in [0.717, 1.165) is 25.2 Å². The number of nitriles is 1. The van der Waals surface area contributed by atoms with Gasteiger partial charge in [0.25, 0.3) is 0 Å². The number of aliphatic hydroxyl groups is 1. The standard InChI is InChI=1S/C16H24N4O/c1-20(10-11-21)16(8-3-2-4-9-16)13-18-15-7-5-6-14(12-17)19-15/h5-7,21H,2-4,8-11,13H2,1H3,(H,18,19). The maximum atomic E-state index is 9.22. The minimum atomic E-state index is 0.0747. The first kappa shape index (κ1) is 15.7. The molecule has 1 aromatic rings. The Labute approximate surface area is 126 Å². The number of likely N-dealkylation sites (N-methyl/N-ethyl adjacent to an activating group) is 1. The molecule has 0 amide bonds. The van der Waals surface area contributed by atoms with Gasteiger partial charge in [-0.15, -0.1) is 0 Å². The van der Waals surface area contributed by atoms with E-state index in [2.05, 4.69) is 28.3 Å². The molecule has 0 aromatic carbocycles. The number of pyridine rings is 1. The second-order valence-electron chi connectivity index (χ2n) is 5.80. The molecule has 0 atom stereocenters. The van der Waals surface area contributed by atoms with Gasteiger partial charge in [0, 0.05) is 18.6 Å². The van der Waals surface area contributed by atoms with Crippen molar-refractivity contribution in [3.8, 4) is 6.07 Å². The van der Waals surface area contributed by atoms with Crippen LogP contribution in [-0.4, -0.2) is 47.3 Å². The summed E-state index contributed by atoms with van der Waals surface area (Å²) in [6, 6.07) is 7.51. The van der Waals surface area contributed by atoms with E-state index in [1.807, 2.05) is 12.1 Å². The van der Waals surface area contributed by atoms with Crippen LogP contribution in [0, 0.1) is 11.3 Å². The van der Waals surface area contributed by atoms with E-state index in [1.165, 1.54) is 19.3 Å². The topological polar surface area (TPSA) is 72.2 Å². The zero-order valence-electron chi connectivity index (χ0n) is 12.7. The molecule has 0 spiro atoms. The van der Waals surface area contributed by atoms with Gasteiger partial charge < -0.3 is 10.4 Å². The van der Waals surface area contributed by atoms with Crippen molar-refractivity contribution in [1.29, 1.82) is 5.26 Å². The number of hydrogen-bond donors (Lipinski definition) is 2. The molecular formula is C16H24N4O. The van der Waals surface area contributed by atoms with Gasteiger partial charge in [-0.2, -0.15) is 5.26 Å². The highest BCUT2D eigenvalue weighted by molar-refractivity contribution is 5.38. The van der Waals surface area contributed by atoms with Crippen molar-refractivity contribution in [3.63, 3.8) is 0 Å². The number of aromatic nitrogens is 1. The normalized spacial score (nSPS) is 17.4. The molecule has 1 aliphatic rings. The van der Waals surface area contributed by atoms with E-state index in [4.69, 9.17) is 5.26 Å². The summed E-state index contributed by atoms with van der Waals surface area (Å²) in [7, 11) is 2.09. The summed E-state index contributed by atoms with van der Waals surface area (Å²) in [5.74, 6) is 0.747. The van der Waals surface area contributed by atoms with E-state index in [0.29, 0.717) is 12.2 Å². The highest BCUT2D eigenvalue weighted by Gasteiger charge is 2.35. The highest BCUT2D eigenvalue weighted by Crippen LogP contribution is 2.33. The van der Waals surface area contributed by atoms with Crippen LogP contribution in [0.3, 0.4) is 0 Å². The fourth-order valence-corrected chi connectivity index (χ4v) is 3.14. The number of nitrogens with zero attached hydrogens (tertiary/aromatic N) is 3. The third-order valence-electron chi connectivity index (χ3n) is 4.49. The zero-order chi connectivity index (χ0) is 15.1. The first-order valence-corrected chi connectivity index (χ1v) is 7.63. The Hall–Kier alpha value is -1.64. The Bertz CT molecular complexity index is 491. The minimum Gasteiger partial charge on any atom is -0.395 e. The van der Waals surface area contributed by atoms with Crippen LogP contribution in [0.4, 0.5) is 5.82 Å². The molecule has 114 valence electrons. The summed E-state index contributed by atoms with van der Waals surface area (Å²) in [5, 5.41) is 21.5. The van der Waals surface area contributed by atoms with Crippen LogP contribution in [0.25, 0.3) is 0 Å². The van der Waals surface area contributed by atoms with Crippen LogP contribution >= 0.6 is 0 Å². The van der Waals surface area contributed by atoms with Crippen molar-refractivity contribution in [2.75, 3.05) is 32.1 Å². The van der Waals surface area contributed by atoms with Crippen molar-refractivity contribution in [2.24, 2.45) is 0 Å². The average molecular weight is 288 g/mol. The van der Waals surface area contributed by atoms with Crippen LogP contribution in [-0.2, 0) is 0 Å². The summed E-state index contributed by atoms with van der Waals surface area (Å²) >= 11 is 0. The molecule has 1 heterocycles. The molecule has 21 heavy (non-hydrogen) atoms. The summed E-state index contributed by atoms with van der Waals surface area (Å²) in [5.41, 5.74) is 0.507. The van der Waals surface area contributed by atoms with Crippen molar-refractivity contribution < 1.29 is 5.11 Å².